The summed E-state index contributed by atoms with van der Waals surface area (Å²) in [7, 11) is 1.65. The number of nitrogens with two attached hydrogens (primary N) is 1. The molecule has 1 aliphatic rings. The van der Waals surface area contributed by atoms with E-state index in [1.54, 1.807) is 13.2 Å². The minimum Gasteiger partial charge on any atom is -0.497 e. The minimum absolute atomic E-state index is 0.104. The highest BCUT2D eigenvalue weighted by atomic mass is 32.2. The summed E-state index contributed by atoms with van der Waals surface area (Å²) in [4.78, 5) is 23.1. The molecule has 0 aliphatic carbocycles. The zero-order valence-corrected chi connectivity index (χ0v) is 15.3. The van der Waals surface area contributed by atoms with Crippen LogP contribution >= 0.6 is 11.8 Å². The van der Waals surface area contributed by atoms with Crippen LogP contribution in [0.2, 0.25) is 0 Å². The van der Waals surface area contributed by atoms with Gasteiger partial charge in [0, 0.05) is 18.3 Å². The van der Waals surface area contributed by atoms with Crippen LogP contribution in [0.15, 0.2) is 35.5 Å². The maximum absolute atomic E-state index is 12.7. The monoisotopic (exact) mass is 358 g/mol. The normalized spacial score (nSPS) is 16.9. The lowest BCUT2D eigenvalue weighted by Gasteiger charge is -2.25. The Morgan fingerprint density at radius 3 is 2.80 bits per heavy atom. The molecule has 0 unspecified atom stereocenters. The average Bonchev–Trinajstić information content (AvgIpc) is 3.09. The number of hydrogen-bond donors (Lipinski definition) is 1. The van der Waals surface area contributed by atoms with E-state index >= 15 is 0 Å². The molecule has 2 aromatic rings. The van der Waals surface area contributed by atoms with Crippen molar-refractivity contribution in [1.82, 2.24) is 14.9 Å². The number of nitrogens with zero attached hydrogens (tertiary/aromatic N) is 3. The number of likely N-dealkylation sites (tertiary alicyclic amines) is 1. The molecule has 1 aromatic heterocycles. The Morgan fingerprint density at radius 2 is 2.12 bits per heavy atom. The zero-order chi connectivity index (χ0) is 17.8. The predicted molar refractivity (Wildman–Crippen MR) is 98.6 cm³/mol. The Morgan fingerprint density at radius 1 is 1.36 bits per heavy atom. The summed E-state index contributed by atoms with van der Waals surface area (Å²) < 4.78 is 5.20. The first-order valence-corrected chi connectivity index (χ1v) is 9.23. The van der Waals surface area contributed by atoms with Gasteiger partial charge in [0.1, 0.15) is 11.6 Å². The fourth-order valence-corrected chi connectivity index (χ4v) is 3.87. The SMILES string of the molecule is COc1ccc([C@@H]2CCCN2C(=O)CSc2nc(C)cc(N)n2)cc1. The molecule has 2 heterocycles. The van der Waals surface area contributed by atoms with E-state index in [1.165, 1.54) is 11.8 Å². The van der Waals surface area contributed by atoms with Crippen molar-refractivity contribution in [2.24, 2.45) is 0 Å². The highest BCUT2D eigenvalue weighted by Gasteiger charge is 2.29. The first-order valence-electron chi connectivity index (χ1n) is 8.24. The number of aryl methyl sites for hydroxylation is 1. The summed E-state index contributed by atoms with van der Waals surface area (Å²) >= 11 is 1.33. The lowest BCUT2D eigenvalue weighted by atomic mass is 10.0. The first-order chi connectivity index (χ1) is 12.1. The number of amides is 1. The van der Waals surface area contributed by atoms with Crippen LogP contribution in [0.25, 0.3) is 0 Å². The van der Waals surface area contributed by atoms with Crippen LogP contribution in [0.1, 0.15) is 30.1 Å². The Kier molecular flexibility index (Phi) is 5.43. The third-order valence-electron chi connectivity index (χ3n) is 4.25. The number of carbonyl (C=O) groups excluding carboxylic acids is 1. The molecule has 25 heavy (non-hydrogen) atoms. The summed E-state index contributed by atoms with van der Waals surface area (Å²) in [5.41, 5.74) is 7.69. The third-order valence-corrected chi connectivity index (χ3v) is 5.08. The number of carbonyl (C=O) groups is 1. The molecular weight excluding hydrogens is 336 g/mol. The van der Waals surface area contributed by atoms with Gasteiger partial charge in [-0.1, -0.05) is 23.9 Å². The van der Waals surface area contributed by atoms with Gasteiger partial charge in [-0.3, -0.25) is 4.79 Å². The van der Waals surface area contributed by atoms with E-state index in [4.69, 9.17) is 10.5 Å². The minimum atomic E-state index is 0.104. The number of thioether (sulfide) groups is 1. The smallest absolute Gasteiger partial charge is 0.233 e. The quantitative estimate of drug-likeness (QED) is 0.654. The lowest BCUT2D eigenvalue weighted by molar-refractivity contribution is -0.129. The molecule has 6 nitrogen and oxygen atoms in total. The van der Waals surface area contributed by atoms with Crippen LogP contribution in [0, 0.1) is 6.92 Å². The van der Waals surface area contributed by atoms with Crippen molar-refractivity contribution in [3.05, 3.63) is 41.6 Å². The number of ether oxygens (including phenoxy) is 1. The van der Waals surface area contributed by atoms with Crippen LogP contribution in [0.3, 0.4) is 0 Å². The number of nitrogen functional groups attached to an aromatic ring is 1. The van der Waals surface area contributed by atoms with Crippen molar-refractivity contribution < 1.29 is 9.53 Å². The number of aromatic nitrogens is 2. The van der Waals surface area contributed by atoms with Gasteiger partial charge < -0.3 is 15.4 Å². The van der Waals surface area contributed by atoms with E-state index in [0.29, 0.717) is 16.7 Å². The van der Waals surface area contributed by atoms with E-state index in [0.717, 1.165) is 36.4 Å². The molecule has 1 amide bonds. The summed E-state index contributed by atoms with van der Waals surface area (Å²) in [6, 6.07) is 9.79. The maximum Gasteiger partial charge on any atom is 0.233 e. The Hall–Kier alpha value is -2.28. The van der Waals surface area contributed by atoms with Gasteiger partial charge in [0.15, 0.2) is 5.16 Å². The second-order valence-electron chi connectivity index (χ2n) is 6.02. The highest BCUT2D eigenvalue weighted by molar-refractivity contribution is 7.99. The average molecular weight is 358 g/mol. The van der Waals surface area contributed by atoms with Gasteiger partial charge in [-0.2, -0.15) is 0 Å². The van der Waals surface area contributed by atoms with E-state index < -0.39 is 0 Å². The summed E-state index contributed by atoms with van der Waals surface area (Å²) in [5.74, 6) is 1.67. The van der Waals surface area contributed by atoms with Gasteiger partial charge in [0.05, 0.1) is 18.9 Å². The molecule has 3 rings (SSSR count). The molecule has 2 N–H and O–H groups in total. The van der Waals surface area contributed by atoms with Crippen molar-refractivity contribution in [3.8, 4) is 5.75 Å². The van der Waals surface area contributed by atoms with Gasteiger partial charge in [0.2, 0.25) is 5.91 Å². The molecule has 1 aromatic carbocycles. The molecule has 1 fully saturated rings. The zero-order valence-electron chi connectivity index (χ0n) is 14.4. The number of rotatable bonds is 5. The molecule has 1 atom stereocenters. The number of benzene rings is 1. The van der Waals surface area contributed by atoms with E-state index in [1.807, 2.05) is 36.1 Å². The van der Waals surface area contributed by atoms with E-state index in [2.05, 4.69) is 9.97 Å². The summed E-state index contributed by atoms with van der Waals surface area (Å²) in [6.45, 7) is 2.65. The molecule has 132 valence electrons. The predicted octanol–water partition coefficient (Wildman–Crippen LogP) is 2.83. The largest absolute Gasteiger partial charge is 0.497 e. The first kappa shape index (κ1) is 17.5. The molecule has 1 saturated heterocycles. The van der Waals surface area contributed by atoms with Gasteiger partial charge in [-0.15, -0.1) is 0 Å². The van der Waals surface area contributed by atoms with Crippen molar-refractivity contribution in [3.63, 3.8) is 0 Å². The van der Waals surface area contributed by atoms with E-state index in [9.17, 15) is 4.79 Å². The number of methoxy groups -OCH3 is 1. The number of anilines is 1. The molecule has 7 heteroatoms. The summed E-state index contributed by atoms with van der Waals surface area (Å²) in [5, 5.41) is 0.547. The van der Waals surface area contributed by atoms with Crippen LogP contribution in [-0.2, 0) is 4.79 Å². The van der Waals surface area contributed by atoms with Crippen molar-refractivity contribution >= 4 is 23.5 Å². The van der Waals surface area contributed by atoms with Crippen molar-refractivity contribution in [2.75, 3.05) is 25.1 Å². The molecule has 1 aliphatic heterocycles. The second kappa shape index (κ2) is 7.74. The Labute approximate surface area is 151 Å². The standard InChI is InChI=1S/C18H22N4O2S/c1-12-10-16(19)21-18(20-12)25-11-17(23)22-9-3-4-15(22)13-5-7-14(24-2)8-6-13/h5-8,10,15H,3-4,9,11H2,1-2H3,(H2,19,20,21)/t15-/m0/s1. The van der Waals surface area contributed by atoms with E-state index in [-0.39, 0.29) is 11.9 Å². The van der Waals surface area contributed by atoms with Gasteiger partial charge in [0.25, 0.3) is 0 Å². The van der Waals surface area contributed by atoms with Crippen LogP contribution in [0.4, 0.5) is 5.82 Å². The topological polar surface area (TPSA) is 81.3 Å². The van der Waals surface area contributed by atoms with Gasteiger partial charge in [-0.25, -0.2) is 9.97 Å². The number of hydrogen-bond acceptors (Lipinski definition) is 6. The maximum atomic E-state index is 12.7. The molecular formula is C18H22N4O2S. The fourth-order valence-electron chi connectivity index (χ4n) is 3.08. The van der Waals surface area contributed by atoms with Crippen LogP contribution in [-0.4, -0.2) is 40.2 Å². The van der Waals surface area contributed by atoms with Crippen LogP contribution in [0.5, 0.6) is 5.75 Å². The highest BCUT2D eigenvalue weighted by Crippen LogP contribution is 2.33. The van der Waals surface area contributed by atoms with Gasteiger partial charge in [-0.05, 0) is 37.5 Å². The Bertz CT molecular complexity index is 731. The van der Waals surface area contributed by atoms with Gasteiger partial charge >= 0.3 is 0 Å². The van der Waals surface area contributed by atoms with Crippen molar-refractivity contribution in [2.45, 2.75) is 31.0 Å². The molecule has 0 spiro atoms. The third kappa shape index (κ3) is 4.22. The molecule has 0 radical (unpaired) electrons. The lowest BCUT2D eigenvalue weighted by Crippen LogP contribution is -2.32. The Balaban J connectivity index is 1.65. The second-order valence-corrected chi connectivity index (χ2v) is 6.97. The summed E-state index contributed by atoms with van der Waals surface area (Å²) in [6.07, 6.45) is 2.00. The fraction of sp³-hybridized carbons (Fsp3) is 0.389. The van der Waals surface area contributed by atoms with Crippen LogP contribution < -0.4 is 10.5 Å². The van der Waals surface area contributed by atoms with Crippen molar-refractivity contribution in [1.29, 1.82) is 0 Å². The molecule has 0 bridgehead atoms. The molecule has 0 saturated carbocycles.